The summed E-state index contributed by atoms with van der Waals surface area (Å²) < 4.78 is 4.64. The molecule has 1 aromatic carbocycles. The van der Waals surface area contributed by atoms with Gasteiger partial charge < -0.3 is 15.4 Å². The predicted octanol–water partition coefficient (Wildman–Crippen LogP) is 2.19. The third-order valence-corrected chi connectivity index (χ3v) is 3.98. The van der Waals surface area contributed by atoms with E-state index in [2.05, 4.69) is 22.3 Å². The summed E-state index contributed by atoms with van der Waals surface area (Å²) in [4.78, 5) is 23.6. The SMILES string of the molecule is CCC1CCNC(C(=O)Nc2ccc(C(=O)OC)cc2)C1. The molecule has 0 saturated carbocycles. The van der Waals surface area contributed by atoms with E-state index in [1.807, 2.05) is 0 Å². The summed E-state index contributed by atoms with van der Waals surface area (Å²) >= 11 is 0. The lowest BCUT2D eigenvalue weighted by atomic mass is 9.90. The van der Waals surface area contributed by atoms with Gasteiger partial charge in [0.25, 0.3) is 0 Å². The van der Waals surface area contributed by atoms with Crippen LogP contribution in [0.1, 0.15) is 36.5 Å². The lowest BCUT2D eigenvalue weighted by Gasteiger charge is -2.28. The first-order valence-electron chi connectivity index (χ1n) is 7.36. The molecule has 21 heavy (non-hydrogen) atoms. The molecule has 1 aromatic rings. The Morgan fingerprint density at radius 2 is 2.05 bits per heavy atom. The summed E-state index contributed by atoms with van der Waals surface area (Å²) in [6.45, 7) is 3.05. The van der Waals surface area contributed by atoms with Gasteiger partial charge in [0.1, 0.15) is 0 Å². The van der Waals surface area contributed by atoms with Crippen molar-refractivity contribution in [1.82, 2.24) is 5.32 Å². The van der Waals surface area contributed by atoms with Crippen molar-refractivity contribution in [2.45, 2.75) is 32.2 Å². The van der Waals surface area contributed by atoms with Crippen LogP contribution >= 0.6 is 0 Å². The van der Waals surface area contributed by atoms with Crippen molar-refractivity contribution in [2.24, 2.45) is 5.92 Å². The van der Waals surface area contributed by atoms with Crippen LogP contribution in [0.4, 0.5) is 5.69 Å². The summed E-state index contributed by atoms with van der Waals surface area (Å²) in [5, 5.41) is 6.14. The Kier molecular flexibility index (Phi) is 5.33. The zero-order chi connectivity index (χ0) is 15.2. The molecule has 5 heteroatoms. The minimum atomic E-state index is -0.382. The van der Waals surface area contributed by atoms with Gasteiger partial charge in [-0.15, -0.1) is 0 Å². The van der Waals surface area contributed by atoms with E-state index in [0.717, 1.165) is 25.8 Å². The Labute approximate surface area is 125 Å². The fourth-order valence-electron chi connectivity index (χ4n) is 2.60. The van der Waals surface area contributed by atoms with Crippen molar-refractivity contribution in [1.29, 1.82) is 0 Å². The normalized spacial score (nSPS) is 21.6. The van der Waals surface area contributed by atoms with E-state index >= 15 is 0 Å². The van der Waals surface area contributed by atoms with E-state index in [9.17, 15) is 9.59 Å². The monoisotopic (exact) mass is 290 g/mol. The van der Waals surface area contributed by atoms with Gasteiger partial charge in [0, 0.05) is 5.69 Å². The number of nitrogens with one attached hydrogen (secondary N) is 2. The van der Waals surface area contributed by atoms with Crippen LogP contribution in [0.2, 0.25) is 0 Å². The van der Waals surface area contributed by atoms with E-state index in [1.54, 1.807) is 24.3 Å². The maximum Gasteiger partial charge on any atom is 0.337 e. The number of benzene rings is 1. The topological polar surface area (TPSA) is 67.4 Å². The molecule has 0 aromatic heterocycles. The molecular weight excluding hydrogens is 268 g/mol. The molecule has 5 nitrogen and oxygen atoms in total. The van der Waals surface area contributed by atoms with Gasteiger partial charge in [-0.2, -0.15) is 0 Å². The van der Waals surface area contributed by atoms with Crippen LogP contribution < -0.4 is 10.6 Å². The third kappa shape index (κ3) is 4.04. The van der Waals surface area contributed by atoms with E-state index in [0.29, 0.717) is 17.2 Å². The number of carbonyl (C=O) groups is 2. The van der Waals surface area contributed by atoms with Crippen LogP contribution in [0, 0.1) is 5.92 Å². The predicted molar refractivity (Wildman–Crippen MR) is 81.2 cm³/mol. The molecule has 1 amide bonds. The van der Waals surface area contributed by atoms with Gasteiger partial charge in [0.05, 0.1) is 18.7 Å². The molecule has 1 aliphatic rings. The summed E-state index contributed by atoms with van der Waals surface area (Å²) in [6.07, 6.45) is 3.12. The quantitative estimate of drug-likeness (QED) is 0.834. The highest BCUT2D eigenvalue weighted by atomic mass is 16.5. The molecule has 0 spiro atoms. The molecular formula is C16H22N2O3. The number of hydrogen-bond donors (Lipinski definition) is 2. The third-order valence-electron chi connectivity index (χ3n) is 3.98. The molecule has 1 fully saturated rings. The number of hydrogen-bond acceptors (Lipinski definition) is 4. The molecule has 1 aliphatic heterocycles. The molecule has 2 rings (SSSR count). The minimum absolute atomic E-state index is 0.0148. The second-order valence-electron chi connectivity index (χ2n) is 5.36. The average molecular weight is 290 g/mol. The number of ether oxygens (including phenoxy) is 1. The number of anilines is 1. The fourth-order valence-corrected chi connectivity index (χ4v) is 2.60. The number of esters is 1. The molecule has 1 saturated heterocycles. The number of methoxy groups -OCH3 is 1. The molecule has 0 aliphatic carbocycles. The zero-order valence-electron chi connectivity index (χ0n) is 12.5. The van der Waals surface area contributed by atoms with Gasteiger partial charge in [-0.1, -0.05) is 13.3 Å². The second-order valence-corrected chi connectivity index (χ2v) is 5.36. The smallest absolute Gasteiger partial charge is 0.337 e. The lowest BCUT2D eigenvalue weighted by molar-refractivity contribution is -0.119. The Balaban J connectivity index is 1.94. The van der Waals surface area contributed by atoms with Crippen LogP contribution in [0.5, 0.6) is 0 Å². The summed E-state index contributed by atoms with van der Waals surface area (Å²) in [7, 11) is 1.34. The van der Waals surface area contributed by atoms with Crippen molar-refractivity contribution in [3.05, 3.63) is 29.8 Å². The van der Waals surface area contributed by atoms with Crippen LogP contribution in [0.3, 0.4) is 0 Å². The van der Waals surface area contributed by atoms with Crippen molar-refractivity contribution in [3.8, 4) is 0 Å². The van der Waals surface area contributed by atoms with E-state index < -0.39 is 0 Å². The highest BCUT2D eigenvalue weighted by Crippen LogP contribution is 2.20. The van der Waals surface area contributed by atoms with Crippen LogP contribution in [-0.4, -0.2) is 31.6 Å². The Hall–Kier alpha value is -1.88. The summed E-state index contributed by atoms with van der Waals surface area (Å²) in [5.74, 6) is 0.218. The summed E-state index contributed by atoms with van der Waals surface area (Å²) in [5.41, 5.74) is 1.16. The molecule has 114 valence electrons. The molecule has 2 atom stereocenters. The van der Waals surface area contributed by atoms with Crippen LogP contribution in [0.25, 0.3) is 0 Å². The van der Waals surface area contributed by atoms with Gasteiger partial charge in [-0.25, -0.2) is 4.79 Å². The number of carbonyl (C=O) groups excluding carboxylic acids is 2. The highest BCUT2D eigenvalue weighted by molar-refractivity contribution is 5.95. The Bertz CT molecular complexity index is 499. The molecule has 0 radical (unpaired) electrons. The van der Waals surface area contributed by atoms with Crippen LogP contribution in [0.15, 0.2) is 24.3 Å². The van der Waals surface area contributed by atoms with Crippen molar-refractivity contribution in [2.75, 3.05) is 19.0 Å². The first kappa shape index (κ1) is 15.5. The van der Waals surface area contributed by atoms with Gasteiger partial charge in [0.2, 0.25) is 5.91 Å². The van der Waals surface area contributed by atoms with Gasteiger partial charge in [0.15, 0.2) is 0 Å². The number of rotatable bonds is 4. The van der Waals surface area contributed by atoms with Gasteiger partial charge >= 0.3 is 5.97 Å². The van der Waals surface area contributed by atoms with Crippen molar-refractivity contribution >= 4 is 17.6 Å². The highest BCUT2D eigenvalue weighted by Gasteiger charge is 2.25. The van der Waals surface area contributed by atoms with Crippen molar-refractivity contribution < 1.29 is 14.3 Å². The molecule has 2 N–H and O–H groups in total. The lowest BCUT2D eigenvalue weighted by Crippen LogP contribution is -2.46. The number of amides is 1. The Morgan fingerprint density at radius 1 is 1.33 bits per heavy atom. The maximum atomic E-state index is 12.2. The first-order valence-corrected chi connectivity index (χ1v) is 7.36. The standard InChI is InChI=1S/C16H22N2O3/c1-3-11-8-9-17-14(10-11)15(19)18-13-6-4-12(5-7-13)16(20)21-2/h4-7,11,14,17H,3,8-10H2,1-2H3,(H,18,19). The van der Waals surface area contributed by atoms with Gasteiger partial charge in [-0.05, 0) is 49.6 Å². The Morgan fingerprint density at radius 3 is 2.67 bits per heavy atom. The first-order chi connectivity index (χ1) is 10.1. The van der Waals surface area contributed by atoms with E-state index in [1.165, 1.54) is 7.11 Å². The van der Waals surface area contributed by atoms with E-state index in [-0.39, 0.29) is 17.9 Å². The zero-order valence-corrected chi connectivity index (χ0v) is 12.5. The van der Waals surface area contributed by atoms with Crippen molar-refractivity contribution in [3.63, 3.8) is 0 Å². The number of piperidine rings is 1. The molecule has 2 unspecified atom stereocenters. The minimum Gasteiger partial charge on any atom is -0.465 e. The molecule has 0 bridgehead atoms. The largest absolute Gasteiger partial charge is 0.465 e. The van der Waals surface area contributed by atoms with E-state index in [4.69, 9.17) is 0 Å². The maximum absolute atomic E-state index is 12.2. The summed E-state index contributed by atoms with van der Waals surface area (Å²) in [6, 6.07) is 6.58. The van der Waals surface area contributed by atoms with Gasteiger partial charge in [-0.3, -0.25) is 4.79 Å². The van der Waals surface area contributed by atoms with Crippen LogP contribution in [-0.2, 0) is 9.53 Å². The average Bonchev–Trinajstić information content (AvgIpc) is 2.54. The second kappa shape index (κ2) is 7.22. The fraction of sp³-hybridized carbons (Fsp3) is 0.500. The molecule has 1 heterocycles.